The smallest absolute Gasteiger partial charge is 0.0922 e. The van der Waals surface area contributed by atoms with E-state index < -0.39 is 6.10 Å². The van der Waals surface area contributed by atoms with Gasteiger partial charge in [-0.1, -0.05) is 42.5 Å². The highest BCUT2D eigenvalue weighted by atomic mass is 32.1. The van der Waals surface area contributed by atoms with Crippen molar-refractivity contribution in [2.24, 2.45) is 0 Å². The minimum atomic E-state index is -0.432. The first-order chi connectivity index (χ1) is 9.25. The highest BCUT2D eigenvalue weighted by Crippen LogP contribution is 2.15. The van der Waals surface area contributed by atoms with Gasteiger partial charge in [0.05, 0.1) is 6.10 Å². The van der Waals surface area contributed by atoms with Crippen LogP contribution in [0.3, 0.4) is 0 Å². The largest absolute Gasteiger partial charge is 0.387 e. The van der Waals surface area contributed by atoms with Crippen molar-refractivity contribution in [2.75, 3.05) is 6.54 Å². The van der Waals surface area contributed by atoms with Gasteiger partial charge in [-0.05, 0) is 34.9 Å². The summed E-state index contributed by atoms with van der Waals surface area (Å²) in [5.41, 5.74) is 2.17. The van der Waals surface area contributed by atoms with Crippen LogP contribution in [0.1, 0.15) is 24.2 Å². The number of hydrogen-bond donors (Lipinski definition) is 2. The number of benzene rings is 1. The summed E-state index contributed by atoms with van der Waals surface area (Å²) in [4.78, 5) is 0. The van der Waals surface area contributed by atoms with Gasteiger partial charge in [0.25, 0.3) is 0 Å². The monoisotopic (exact) mass is 273 g/mol. The minimum absolute atomic E-state index is 0.230. The maximum Gasteiger partial charge on any atom is 0.0922 e. The van der Waals surface area contributed by atoms with E-state index in [0.29, 0.717) is 6.54 Å². The van der Waals surface area contributed by atoms with Crippen molar-refractivity contribution in [3.05, 3.63) is 64.4 Å². The Kier molecular flexibility index (Phi) is 5.33. The molecule has 3 heteroatoms. The zero-order valence-corrected chi connectivity index (χ0v) is 11.8. The maximum atomic E-state index is 9.96. The molecule has 0 amide bonds. The van der Waals surface area contributed by atoms with E-state index in [2.05, 4.69) is 36.5 Å². The predicted molar refractivity (Wildman–Crippen MR) is 82.2 cm³/mol. The lowest BCUT2D eigenvalue weighted by molar-refractivity contribution is 0.173. The molecule has 0 aliphatic rings. The predicted octanol–water partition coefficient (Wildman–Crippen LogP) is 3.47. The Hall–Kier alpha value is -1.42. The Morgan fingerprint density at radius 3 is 2.74 bits per heavy atom. The average Bonchev–Trinajstić information content (AvgIpc) is 2.98. The normalized spacial score (nSPS) is 14.6. The Morgan fingerprint density at radius 1 is 1.26 bits per heavy atom. The van der Waals surface area contributed by atoms with Crippen LogP contribution in [0, 0.1) is 0 Å². The van der Waals surface area contributed by atoms with Crippen LogP contribution >= 0.6 is 11.3 Å². The van der Waals surface area contributed by atoms with Crippen LogP contribution in [-0.2, 0) is 0 Å². The highest BCUT2D eigenvalue weighted by Gasteiger charge is 2.08. The second kappa shape index (κ2) is 7.24. The first-order valence-corrected chi connectivity index (χ1v) is 7.37. The first-order valence-electron chi connectivity index (χ1n) is 6.42. The van der Waals surface area contributed by atoms with Crippen molar-refractivity contribution in [2.45, 2.75) is 19.1 Å². The molecule has 0 aliphatic carbocycles. The topological polar surface area (TPSA) is 32.3 Å². The molecule has 1 aromatic heterocycles. The molecule has 0 fully saturated rings. The summed E-state index contributed by atoms with van der Waals surface area (Å²) in [6, 6.07) is 12.4. The third-order valence-electron chi connectivity index (χ3n) is 2.94. The van der Waals surface area contributed by atoms with Crippen LogP contribution in [-0.4, -0.2) is 17.7 Å². The fraction of sp³-hybridized carbons (Fsp3) is 0.250. The third-order valence-corrected chi connectivity index (χ3v) is 3.64. The number of nitrogens with one attached hydrogen (secondary N) is 1. The molecule has 2 N–H and O–H groups in total. The van der Waals surface area contributed by atoms with Gasteiger partial charge in [-0.2, -0.15) is 11.3 Å². The van der Waals surface area contributed by atoms with Gasteiger partial charge in [-0.3, -0.25) is 0 Å². The van der Waals surface area contributed by atoms with E-state index in [1.165, 1.54) is 5.56 Å². The zero-order chi connectivity index (χ0) is 13.5. The van der Waals surface area contributed by atoms with E-state index in [1.807, 2.05) is 35.0 Å². The molecule has 100 valence electrons. The molecule has 0 saturated heterocycles. The molecular weight excluding hydrogens is 254 g/mol. The molecule has 19 heavy (non-hydrogen) atoms. The molecule has 0 saturated carbocycles. The molecule has 0 bridgehead atoms. The minimum Gasteiger partial charge on any atom is -0.387 e. The summed E-state index contributed by atoms with van der Waals surface area (Å²) < 4.78 is 0. The van der Waals surface area contributed by atoms with E-state index in [1.54, 1.807) is 11.3 Å². The quantitative estimate of drug-likeness (QED) is 0.844. The van der Waals surface area contributed by atoms with Crippen LogP contribution in [0.25, 0.3) is 6.08 Å². The van der Waals surface area contributed by atoms with Crippen molar-refractivity contribution >= 4 is 17.4 Å². The van der Waals surface area contributed by atoms with E-state index in [9.17, 15) is 5.11 Å². The average molecular weight is 273 g/mol. The third kappa shape index (κ3) is 4.63. The van der Waals surface area contributed by atoms with E-state index in [-0.39, 0.29) is 6.04 Å². The highest BCUT2D eigenvalue weighted by molar-refractivity contribution is 7.07. The zero-order valence-electron chi connectivity index (χ0n) is 11.0. The van der Waals surface area contributed by atoms with Crippen molar-refractivity contribution in [1.29, 1.82) is 0 Å². The summed E-state index contributed by atoms with van der Waals surface area (Å²) in [6.07, 6.45) is 3.77. The molecule has 0 spiro atoms. The number of aliphatic hydroxyl groups is 1. The van der Waals surface area contributed by atoms with Crippen molar-refractivity contribution < 1.29 is 5.11 Å². The molecule has 2 atom stereocenters. The van der Waals surface area contributed by atoms with Gasteiger partial charge in [-0.25, -0.2) is 0 Å². The summed E-state index contributed by atoms with van der Waals surface area (Å²) in [5, 5.41) is 17.2. The summed E-state index contributed by atoms with van der Waals surface area (Å²) in [7, 11) is 0. The summed E-state index contributed by atoms with van der Waals surface area (Å²) in [6.45, 7) is 2.65. The lowest BCUT2D eigenvalue weighted by Crippen LogP contribution is -2.28. The van der Waals surface area contributed by atoms with E-state index in [0.717, 1.165) is 5.56 Å². The summed E-state index contributed by atoms with van der Waals surface area (Å²) in [5.74, 6) is 0. The van der Waals surface area contributed by atoms with Crippen molar-refractivity contribution in [1.82, 2.24) is 5.32 Å². The van der Waals surface area contributed by atoms with Crippen molar-refractivity contribution in [3.8, 4) is 0 Å². The van der Waals surface area contributed by atoms with Crippen LogP contribution < -0.4 is 5.32 Å². The molecule has 2 aromatic rings. The molecule has 2 rings (SSSR count). The van der Waals surface area contributed by atoms with E-state index >= 15 is 0 Å². The second-order valence-corrected chi connectivity index (χ2v) is 5.32. The molecule has 2 nitrogen and oxygen atoms in total. The Bertz CT molecular complexity index is 493. The van der Waals surface area contributed by atoms with Gasteiger partial charge < -0.3 is 10.4 Å². The van der Waals surface area contributed by atoms with E-state index in [4.69, 9.17) is 0 Å². The fourth-order valence-corrected chi connectivity index (χ4v) is 2.47. The van der Waals surface area contributed by atoms with Crippen molar-refractivity contribution in [3.63, 3.8) is 0 Å². The summed E-state index contributed by atoms with van der Waals surface area (Å²) >= 11 is 1.61. The molecule has 1 heterocycles. The van der Waals surface area contributed by atoms with Gasteiger partial charge in [0, 0.05) is 12.6 Å². The van der Waals surface area contributed by atoms with Crippen LogP contribution in [0.15, 0.2) is 53.2 Å². The maximum absolute atomic E-state index is 9.96. The Balaban J connectivity index is 1.79. The number of thiophene rings is 1. The molecular formula is C16H19NOS. The SMILES string of the molecule is CC(/C=C/c1ccccc1)NCC(O)c1ccsc1. The lowest BCUT2D eigenvalue weighted by Gasteiger charge is -2.13. The molecule has 2 unspecified atom stereocenters. The van der Waals surface area contributed by atoms with Gasteiger partial charge >= 0.3 is 0 Å². The number of aliphatic hydroxyl groups excluding tert-OH is 1. The molecule has 0 radical (unpaired) electrons. The van der Waals surface area contributed by atoms with Crippen LogP contribution in [0.5, 0.6) is 0 Å². The van der Waals surface area contributed by atoms with Gasteiger partial charge in [0.2, 0.25) is 0 Å². The Morgan fingerprint density at radius 2 is 2.05 bits per heavy atom. The fourth-order valence-electron chi connectivity index (χ4n) is 1.77. The number of rotatable bonds is 6. The van der Waals surface area contributed by atoms with Gasteiger partial charge in [-0.15, -0.1) is 0 Å². The second-order valence-electron chi connectivity index (χ2n) is 4.54. The molecule has 1 aromatic carbocycles. The van der Waals surface area contributed by atoms with Gasteiger partial charge in [0.15, 0.2) is 0 Å². The van der Waals surface area contributed by atoms with Crippen LogP contribution in [0.2, 0.25) is 0 Å². The Labute approximate surface area is 118 Å². The lowest BCUT2D eigenvalue weighted by atomic mass is 10.1. The molecule has 0 aliphatic heterocycles. The first kappa shape index (κ1) is 14.0. The van der Waals surface area contributed by atoms with Crippen LogP contribution in [0.4, 0.5) is 0 Å². The van der Waals surface area contributed by atoms with Gasteiger partial charge in [0.1, 0.15) is 0 Å². The standard InChI is InChI=1S/C16H19NOS/c1-13(7-8-14-5-3-2-4-6-14)17-11-16(18)15-9-10-19-12-15/h2-10,12-13,16-18H,11H2,1H3/b8-7+. The number of hydrogen-bond acceptors (Lipinski definition) is 3.